The maximum Gasteiger partial charge on any atom is 0.231 e. The summed E-state index contributed by atoms with van der Waals surface area (Å²) in [5, 5.41) is 2.41. The molecule has 1 aliphatic rings. The van der Waals surface area contributed by atoms with Crippen molar-refractivity contribution in [3.05, 3.63) is 83.0 Å². The Morgan fingerprint density at radius 2 is 1.71 bits per heavy atom. The van der Waals surface area contributed by atoms with Crippen molar-refractivity contribution in [2.75, 3.05) is 13.9 Å². The number of para-hydroxylation sites is 1. The van der Waals surface area contributed by atoms with Crippen molar-refractivity contribution in [1.29, 1.82) is 0 Å². The van der Waals surface area contributed by atoms with Gasteiger partial charge in [-0.3, -0.25) is 0 Å². The Morgan fingerprint density at radius 1 is 0.912 bits per heavy atom. The van der Waals surface area contributed by atoms with Crippen LogP contribution in [0.25, 0.3) is 33.6 Å². The zero-order valence-electron chi connectivity index (χ0n) is 18.6. The summed E-state index contributed by atoms with van der Waals surface area (Å²) in [6, 6.07) is 23.5. The molecule has 3 heterocycles. The van der Waals surface area contributed by atoms with Gasteiger partial charge in [0.05, 0.1) is 18.2 Å². The van der Waals surface area contributed by atoms with E-state index in [1.807, 2.05) is 72.8 Å². The second-order valence-corrected chi connectivity index (χ2v) is 8.98. The van der Waals surface area contributed by atoms with Crippen LogP contribution in [0.3, 0.4) is 0 Å². The van der Waals surface area contributed by atoms with Crippen LogP contribution in [0.4, 0.5) is 5.13 Å². The van der Waals surface area contributed by atoms with Crippen molar-refractivity contribution in [2.45, 2.75) is 6.92 Å². The Morgan fingerprint density at radius 3 is 2.56 bits per heavy atom. The average molecular weight is 469 g/mol. The van der Waals surface area contributed by atoms with E-state index in [-0.39, 0.29) is 6.79 Å². The van der Waals surface area contributed by atoms with Crippen LogP contribution in [-0.4, -0.2) is 18.9 Å². The van der Waals surface area contributed by atoms with E-state index in [9.17, 15) is 0 Å². The van der Waals surface area contributed by atoms with Crippen molar-refractivity contribution >= 4 is 27.4 Å². The molecule has 2 aromatic heterocycles. The molecule has 6 rings (SSSR count). The molecule has 7 heteroatoms. The van der Waals surface area contributed by atoms with E-state index in [4.69, 9.17) is 28.6 Å². The number of thiazole rings is 1. The molecule has 0 amide bonds. The van der Waals surface area contributed by atoms with Gasteiger partial charge in [0, 0.05) is 27.5 Å². The molecular formula is C27H20N2O4S. The van der Waals surface area contributed by atoms with Crippen LogP contribution in [0.2, 0.25) is 0 Å². The largest absolute Gasteiger partial charge is 0.497 e. The molecule has 0 radical (unpaired) electrons. The smallest absolute Gasteiger partial charge is 0.231 e. The number of aryl methyl sites for hydroxylation is 1. The van der Waals surface area contributed by atoms with E-state index >= 15 is 0 Å². The number of benzene rings is 3. The number of hydrogen-bond donors (Lipinski definition) is 0. The molecule has 3 aromatic carbocycles. The van der Waals surface area contributed by atoms with Crippen LogP contribution >= 0.6 is 11.3 Å². The molecule has 0 unspecified atom stereocenters. The zero-order chi connectivity index (χ0) is 23.1. The maximum atomic E-state index is 6.22. The second-order valence-electron chi connectivity index (χ2n) is 7.80. The molecule has 168 valence electrons. The summed E-state index contributed by atoms with van der Waals surface area (Å²) >= 11 is 1.56. The predicted molar refractivity (Wildman–Crippen MR) is 132 cm³/mol. The first kappa shape index (κ1) is 20.5. The molecule has 34 heavy (non-hydrogen) atoms. The molecule has 6 nitrogen and oxygen atoms in total. The first-order valence-corrected chi connectivity index (χ1v) is 11.6. The van der Waals surface area contributed by atoms with Crippen LogP contribution in [0.1, 0.15) is 4.88 Å². The highest BCUT2D eigenvalue weighted by Gasteiger charge is 2.16. The van der Waals surface area contributed by atoms with Gasteiger partial charge in [0.25, 0.3) is 0 Å². The van der Waals surface area contributed by atoms with Gasteiger partial charge in [-0.2, -0.15) is 0 Å². The highest BCUT2D eigenvalue weighted by molar-refractivity contribution is 7.15. The van der Waals surface area contributed by atoms with E-state index in [1.165, 1.54) is 0 Å². The van der Waals surface area contributed by atoms with Gasteiger partial charge >= 0.3 is 0 Å². The molecule has 0 spiro atoms. The molecule has 1 aliphatic heterocycles. The highest BCUT2D eigenvalue weighted by Crippen LogP contribution is 2.36. The van der Waals surface area contributed by atoms with Gasteiger partial charge < -0.3 is 18.6 Å². The normalized spacial score (nSPS) is 12.9. The lowest BCUT2D eigenvalue weighted by molar-refractivity contribution is 0.174. The van der Waals surface area contributed by atoms with Crippen LogP contribution in [0, 0.1) is 6.92 Å². The summed E-state index contributed by atoms with van der Waals surface area (Å²) in [7, 11) is 1.66. The number of nitrogens with zero attached hydrogens (tertiary/aromatic N) is 2. The summed E-state index contributed by atoms with van der Waals surface area (Å²) in [5.74, 6) is 2.95. The van der Waals surface area contributed by atoms with E-state index in [0.717, 1.165) is 49.5 Å². The summed E-state index contributed by atoms with van der Waals surface area (Å²) in [6.45, 7) is 2.29. The fraction of sp³-hybridized carbons (Fsp3) is 0.111. The Balaban J connectivity index is 1.47. The van der Waals surface area contributed by atoms with Crippen LogP contribution in [-0.2, 0) is 0 Å². The van der Waals surface area contributed by atoms with E-state index in [2.05, 4.69) is 6.92 Å². The minimum Gasteiger partial charge on any atom is -0.497 e. The lowest BCUT2D eigenvalue weighted by Crippen LogP contribution is -2.03. The second kappa shape index (κ2) is 8.35. The Labute approximate surface area is 199 Å². The Bertz CT molecular complexity index is 1590. The van der Waals surface area contributed by atoms with Crippen molar-refractivity contribution in [1.82, 2.24) is 4.98 Å². The number of aromatic nitrogens is 1. The van der Waals surface area contributed by atoms with Gasteiger partial charge in [0.15, 0.2) is 11.5 Å². The van der Waals surface area contributed by atoms with Gasteiger partial charge in [-0.1, -0.05) is 23.5 Å². The van der Waals surface area contributed by atoms with Gasteiger partial charge in [-0.25, -0.2) is 9.98 Å². The molecule has 0 aliphatic carbocycles. The summed E-state index contributed by atoms with van der Waals surface area (Å²) in [6.07, 6.45) is 0. The van der Waals surface area contributed by atoms with Crippen molar-refractivity contribution in [3.8, 4) is 39.8 Å². The minimum atomic E-state index is 0.230. The summed E-state index contributed by atoms with van der Waals surface area (Å²) < 4.78 is 22.5. The molecule has 0 N–H and O–H groups in total. The highest BCUT2D eigenvalue weighted by atomic mass is 32.1. The predicted octanol–water partition coefficient (Wildman–Crippen LogP) is 6.50. The third-order valence-electron chi connectivity index (χ3n) is 5.67. The molecule has 5 aromatic rings. The van der Waals surface area contributed by atoms with Gasteiger partial charge in [0.2, 0.25) is 11.9 Å². The summed E-state index contributed by atoms with van der Waals surface area (Å²) in [4.78, 5) is 10.9. The first-order valence-electron chi connectivity index (χ1n) is 10.8. The monoisotopic (exact) mass is 468 g/mol. The lowest BCUT2D eigenvalue weighted by Gasteiger charge is -2.05. The fourth-order valence-electron chi connectivity index (χ4n) is 3.95. The standard InChI is InChI=1S/C27H20N2O4S/c1-16-26(17-7-10-19(30-2)11-8-17)29-27(34-16)28-21-14-24(33-22-6-4-3-5-20(21)22)18-9-12-23-25(13-18)32-15-31-23/h3-14H,15H2,1-2H3/b28-21+. The Hall–Kier alpha value is -4.10. The Kier molecular flexibility index (Phi) is 5.04. The maximum absolute atomic E-state index is 6.22. The SMILES string of the molecule is COc1ccc(-c2nc(/N=c3\cc(-c4ccc5c(c4)OCO5)oc4ccccc34)sc2C)cc1. The third kappa shape index (κ3) is 3.70. The number of methoxy groups -OCH3 is 1. The number of rotatable bonds is 4. The molecule has 0 bridgehead atoms. The zero-order valence-corrected chi connectivity index (χ0v) is 19.4. The molecule has 0 saturated heterocycles. The topological polar surface area (TPSA) is 66.1 Å². The van der Waals surface area contributed by atoms with Gasteiger partial charge in [-0.15, -0.1) is 0 Å². The molecule has 0 atom stereocenters. The van der Waals surface area contributed by atoms with Gasteiger partial charge in [-0.05, 0) is 61.5 Å². The van der Waals surface area contributed by atoms with Crippen molar-refractivity contribution < 1.29 is 18.6 Å². The summed E-state index contributed by atoms with van der Waals surface area (Å²) in [5.41, 5.74) is 3.60. The van der Waals surface area contributed by atoms with Gasteiger partial charge in [0.1, 0.15) is 17.1 Å². The van der Waals surface area contributed by atoms with Crippen LogP contribution in [0.5, 0.6) is 17.2 Å². The lowest BCUT2D eigenvalue weighted by atomic mass is 10.1. The minimum absolute atomic E-state index is 0.230. The van der Waals surface area contributed by atoms with Crippen LogP contribution < -0.4 is 19.6 Å². The van der Waals surface area contributed by atoms with Crippen LogP contribution in [0.15, 0.2) is 82.2 Å². The first-order chi connectivity index (χ1) is 16.7. The van der Waals surface area contributed by atoms with Crippen molar-refractivity contribution in [3.63, 3.8) is 0 Å². The number of hydrogen-bond acceptors (Lipinski definition) is 7. The fourth-order valence-corrected chi connectivity index (χ4v) is 4.77. The van der Waals surface area contributed by atoms with E-state index in [1.54, 1.807) is 18.4 Å². The average Bonchev–Trinajstić information content (AvgIpc) is 3.49. The number of ether oxygens (including phenoxy) is 3. The molecular weight excluding hydrogens is 448 g/mol. The quantitative estimate of drug-likeness (QED) is 0.301. The molecule has 0 saturated carbocycles. The molecule has 0 fully saturated rings. The van der Waals surface area contributed by atoms with Crippen molar-refractivity contribution in [2.24, 2.45) is 4.99 Å². The van der Waals surface area contributed by atoms with E-state index < -0.39 is 0 Å². The third-order valence-corrected chi connectivity index (χ3v) is 6.54. The number of fused-ring (bicyclic) bond motifs is 2. The van der Waals surface area contributed by atoms with E-state index in [0.29, 0.717) is 16.6 Å².